The highest BCUT2D eigenvalue weighted by Gasteiger charge is 2.14. The van der Waals surface area contributed by atoms with Gasteiger partial charge in [-0.05, 0) is 43.5 Å². The molecule has 1 N–H and O–H groups in total. The Morgan fingerprint density at radius 3 is 2.52 bits per heavy atom. The highest BCUT2D eigenvalue weighted by Crippen LogP contribution is 2.14. The van der Waals surface area contributed by atoms with Crippen LogP contribution < -0.4 is 0 Å². The van der Waals surface area contributed by atoms with E-state index in [4.69, 9.17) is 11.6 Å². The van der Waals surface area contributed by atoms with E-state index in [1.165, 1.54) is 0 Å². The molecule has 2 aromatic rings. The van der Waals surface area contributed by atoms with E-state index < -0.39 is 10.0 Å². The van der Waals surface area contributed by atoms with Crippen LogP contribution >= 0.6 is 11.6 Å². The number of rotatable bonds is 4. The summed E-state index contributed by atoms with van der Waals surface area (Å²) in [5, 5.41) is 0.504. The zero-order valence-corrected chi connectivity index (χ0v) is 14.9. The van der Waals surface area contributed by atoms with Gasteiger partial charge in [-0.3, -0.25) is 0 Å². The third kappa shape index (κ3) is 4.78. The Labute approximate surface area is 142 Å². The molecule has 0 fully saturated rings. The van der Waals surface area contributed by atoms with Crippen molar-refractivity contribution in [2.45, 2.75) is 20.3 Å². The van der Waals surface area contributed by atoms with E-state index in [2.05, 4.69) is 16.9 Å². The molecule has 0 amide bonds. The van der Waals surface area contributed by atoms with Gasteiger partial charge in [-0.2, -0.15) is 0 Å². The summed E-state index contributed by atoms with van der Waals surface area (Å²) in [6.45, 7) is 4.26. The van der Waals surface area contributed by atoms with Crippen LogP contribution in [0, 0.1) is 25.8 Å². The van der Waals surface area contributed by atoms with Crippen LogP contribution in [-0.2, 0) is 16.4 Å². The predicted molar refractivity (Wildman–Crippen MR) is 93.9 cm³/mol. The predicted octanol–water partition coefficient (Wildman–Crippen LogP) is 3.10. The summed E-state index contributed by atoms with van der Waals surface area (Å²) in [6, 6.07) is 11.8. The lowest BCUT2D eigenvalue weighted by atomic mass is 10.2. The number of H-pyrrole nitrogens is 1. The highest BCUT2D eigenvalue weighted by molar-refractivity contribution is 7.88. The summed E-state index contributed by atoms with van der Waals surface area (Å²) >= 11 is 6.04. The van der Waals surface area contributed by atoms with Crippen LogP contribution in [0.15, 0.2) is 30.3 Å². The van der Waals surface area contributed by atoms with Crippen LogP contribution in [0.2, 0.25) is 5.02 Å². The summed E-state index contributed by atoms with van der Waals surface area (Å²) in [5.41, 5.74) is 3.81. The number of aryl methyl sites for hydroxylation is 2. The molecule has 1 aromatic carbocycles. The molecule has 23 heavy (non-hydrogen) atoms. The molecule has 4 nitrogen and oxygen atoms in total. The monoisotopic (exact) mass is 350 g/mol. The van der Waals surface area contributed by atoms with Crippen molar-refractivity contribution in [2.24, 2.45) is 0 Å². The number of nitrogens with one attached hydrogen (secondary N) is 1. The van der Waals surface area contributed by atoms with Gasteiger partial charge in [0.15, 0.2) is 0 Å². The molecule has 0 aliphatic rings. The Balaban J connectivity index is 2.19. The first kappa shape index (κ1) is 17.5. The van der Waals surface area contributed by atoms with Crippen molar-refractivity contribution in [3.63, 3.8) is 0 Å². The second-order valence-electron chi connectivity index (χ2n) is 5.42. The van der Waals surface area contributed by atoms with Crippen molar-refractivity contribution in [1.82, 2.24) is 9.29 Å². The largest absolute Gasteiger partial charge is 0.362 e. The number of benzene rings is 1. The molecular formula is C17H19ClN2O2S. The van der Waals surface area contributed by atoms with Crippen LogP contribution in [0.1, 0.15) is 22.5 Å². The molecule has 0 saturated carbocycles. The van der Waals surface area contributed by atoms with Crippen LogP contribution in [0.5, 0.6) is 0 Å². The SMILES string of the molecule is Cc1cc(C)c(CCN(C#Cc2ccccc2Cl)S(C)(=O)=O)[nH]1. The van der Waals surface area contributed by atoms with Crippen LogP contribution in [0.3, 0.4) is 0 Å². The van der Waals surface area contributed by atoms with Crippen molar-refractivity contribution in [1.29, 1.82) is 0 Å². The van der Waals surface area contributed by atoms with E-state index in [1.54, 1.807) is 18.2 Å². The Morgan fingerprint density at radius 1 is 1.26 bits per heavy atom. The summed E-state index contributed by atoms with van der Waals surface area (Å²) in [7, 11) is -3.42. The molecule has 0 aliphatic heterocycles. The molecule has 122 valence electrons. The van der Waals surface area contributed by atoms with Crippen molar-refractivity contribution in [3.05, 3.63) is 57.9 Å². The van der Waals surface area contributed by atoms with Gasteiger partial charge in [0, 0.05) is 36.0 Å². The van der Waals surface area contributed by atoms with E-state index in [-0.39, 0.29) is 6.54 Å². The second-order valence-corrected chi connectivity index (χ2v) is 7.73. The standard InChI is InChI=1S/C17H19ClN2O2S/c1-13-12-14(2)19-17(13)9-11-20(23(3,21)22)10-8-15-6-4-5-7-16(15)18/h4-7,12,19H,9,11H2,1-3H3. The fourth-order valence-electron chi connectivity index (χ4n) is 2.25. The third-order valence-electron chi connectivity index (χ3n) is 3.41. The Morgan fingerprint density at radius 2 is 1.96 bits per heavy atom. The summed E-state index contributed by atoms with van der Waals surface area (Å²) in [4.78, 5) is 3.24. The summed E-state index contributed by atoms with van der Waals surface area (Å²) in [6.07, 6.45) is 1.73. The lowest BCUT2D eigenvalue weighted by Crippen LogP contribution is -2.27. The molecule has 6 heteroatoms. The minimum atomic E-state index is -3.42. The van der Waals surface area contributed by atoms with Crippen LogP contribution in [0.25, 0.3) is 0 Å². The van der Waals surface area contributed by atoms with Gasteiger partial charge >= 0.3 is 0 Å². The molecule has 0 bridgehead atoms. The molecule has 0 radical (unpaired) electrons. The maximum absolute atomic E-state index is 11.9. The molecular weight excluding hydrogens is 332 g/mol. The normalized spacial score (nSPS) is 11.0. The second kappa shape index (κ2) is 7.12. The Hall–Kier alpha value is -1.90. The minimum absolute atomic E-state index is 0.289. The van der Waals surface area contributed by atoms with Gasteiger partial charge in [0.05, 0.1) is 11.3 Å². The maximum Gasteiger partial charge on any atom is 0.238 e. The van der Waals surface area contributed by atoms with Crippen LogP contribution in [0.4, 0.5) is 0 Å². The zero-order valence-electron chi connectivity index (χ0n) is 13.4. The first-order valence-corrected chi connectivity index (χ1v) is 9.39. The lowest BCUT2D eigenvalue weighted by molar-refractivity contribution is 0.517. The average Bonchev–Trinajstić information content (AvgIpc) is 2.77. The van der Waals surface area contributed by atoms with Gasteiger partial charge in [-0.15, -0.1) is 0 Å². The van der Waals surface area contributed by atoms with Gasteiger partial charge < -0.3 is 4.98 Å². The van der Waals surface area contributed by atoms with E-state index in [0.717, 1.165) is 27.5 Å². The zero-order chi connectivity index (χ0) is 17.0. The van der Waals surface area contributed by atoms with Crippen molar-refractivity contribution < 1.29 is 8.42 Å². The smallest absolute Gasteiger partial charge is 0.238 e. The fraction of sp³-hybridized carbons (Fsp3) is 0.294. The summed E-state index contributed by atoms with van der Waals surface area (Å²) < 4.78 is 25.0. The van der Waals surface area contributed by atoms with Gasteiger partial charge in [-0.1, -0.05) is 23.7 Å². The van der Waals surface area contributed by atoms with Crippen molar-refractivity contribution >= 4 is 21.6 Å². The number of nitrogens with zero attached hydrogens (tertiary/aromatic N) is 1. The first-order chi connectivity index (χ1) is 10.8. The molecule has 1 aromatic heterocycles. The van der Waals surface area contributed by atoms with E-state index >= 15 is 0 Å². The van der Waals surface area contributed by atoms with Crippen LogP contribution in [-0.4, -0.2) is 30.5 Å². The highest BCUT2D eigenvalue weighted by atomic mass is 35.5. The van der Waals surface area contributed by atoms with E-state index in [1.807, 2.05) is 26.0 Å². The number of hydrogen-bond acceptors (Lipinski definition) is 2. The Kier molecular flexibility index (Phi) is 5.40. The number of hydrogen-bond donors (Lipinski definition) is 1. The number of aromatic nitrogens is 1. The fourth-order valence-corrected chi connectivity index (χ4v) is 3.06. The van der Waals surface area contributed by atoms with Crippen molar-refractivity contribution in [2.75, 3.05) is 12.8 Å². The van der Waals surface area contributed by atoms with Gasteiger partial charge in [0.25, 0.3) is 0 Å². The van der Waals surface area contributed by atoms with Gasteiger partial charge in [0.2, 0.25) is 10.0 Å². The molecule has 0 unspecified atom stereocenters. The van der Waals surface area contributed by atoms with E-state index in [0.29, 0.717) is 17.0 Å². The van der Waals surface area contributed by atoms with Gasteiger partial charge in [0.1, 0.15) is 0 Å². The molecule has 0 atom stereocenters. The quantitative estimate of drug-likeness (QED) is 0.680. The molecule has 1 heterocycles. The Bertz CT molecular complexity index is 860. The maximum atomic E-state index is 11.9. The third-order valence-corrected chi connectivity index (χ3v) is 4.82. The topological polar surface area (TPSA) is 53.2 Å². The molecule has 0 saturated heterocycles. The van der Waals surface area contributed by atoms with Gasteiger partial charge in [-0.25, -0.2) is 12.7 Å². The lowest BCUT2D eigenvalue weighted by Gasteiger charge is -2.14. The first-order valence-electron chi connectivity index (χ1n) is 7.16. The van der Waals surface area contributed by atoms with Crippen molar-refractivity contribution in [3.8, 4) is 12.0 Å². The minimum Gasteiger partial charge on any atom is -0.362 e. The number of halogens is 1. The van der Waals surface area contributed by atoms with E-state index in [9.17, 15) is 8.42 Å². The number of sulfonamides is 1. The summed E-state index contributed by atoms with van der Waals surface area (Å²) in [5.74, 6) is 2.83. The average molecular weight is 351 g/mol. The molecule has 0 spiro atoms. The number of aromatic amines is 1. The molecule has 0 aliphatic carbocycles. The molecule has 2 rings (SSSR count).